The molecule has 39 heavy (non-hydrogen) atoms. The predicted octanol–water partition coefficient (Wildman–Crippen LogP) is 7.61. The zero-order chi connectivity index (χ0) is 26.6. The summed E-state index contributed by atoms with van der Waals surface area (Å²) in [7, 11) is -0.475. The van der Waals surface area contributed by atoms with Crippen molar-refractivity contribution in [2.45, 2.75) is 44.3 Å². The lowest BCUT2D eigenvalue weighted by atomic mass is 9.65. The van der Waals surface area contributed by atoms with Gasteiger partial charge in [0.15, 0.2) is 0 Å². The highest BCUT2D eigenvalue weighted by Gasteiger charge is 2.56. The van der Waals surface area contributed by atoms with Gasteiger partial charge in [-0.25, -0.2) is 0 Å². The molecule has 8 rings (SSSR count). The maximum Gasteiger partial charge on any atom is 0.495 e. The quantitative estimate of drug-likeness (QED) is 0.214. The smallest absolute Gasteiger partial charge is 0.457 e. The van der Waals surface area contributed by atoms with E-state index in [1.165, 1.54) is 33.0 Å². The Hall–Kier alpha value is -3.86. The summed E-state index contributed by atoms with van der Waals surface area (Å²) in [4.78, 5) is 0. The van der Waals surface area contributed by atoms with Crippen molar-refractivity contribution in [2.75, 3.05) is 0 Å². The topological polar surface area (TPSA) is 27.7 Å². The fourth-order valence-corrected chi connectivity index (χ4v) is 6.90. The van der Waals surface area contributed by atoms with E-state index in [1.807, 2.05) is 0 Å². The van der Waals surface area contributed by atoms with Gasteiger partial charge in [0.25, 0.3) is 0 Å². The Bertz CT molecular complexity index is 1760. The standard InChI is InChI=1S/C35H29BO3/c1-33(2)34(3,4)39-36(38-33)28-17-11-16-26-32(28)31-23-13-6-5-12-22(23)20-21-27(31)35(26)24-14-7-9-18-29(24)37-30-19-10-8-15-25(30)35/h5-21H,1-4H3. The molecule has 1 spiro atoms. The molecule has 0 N–H and O–H groups in total. The summed E-state index contributed by atoms with van der Waals surface area (Å²) in [5, 5.41) is 2.45. The van der Waals surface area contributed by atoms with Crippen molar-refractivity contribution in [3.63, 3.8) is 0 Å². The maximum atomic E-state index is 6.67. The first-order valence-electron chi connectivity index (χ1n) is 13.7. The van der Waals surface area contributed by atoms with Gasteiger partial charge in [-0.1, -0.05) is 91.0 Å². The molecule has 0 saturated carbocycles. The highest BCUT2D eigenvalue weighted by molar-refractivity contribution is 6.64. The number of fused-ring (bicyclic) bond motifs is 11. The third kappa shape index (κ3) is 2.86. The fraction of sp³-hybridized carbons (Fsp3) is 0.200. The van der Waals surface area contributed by atoms with E-state index >= 15 is 0 Å². The highest BCUT2D eigenvalue weighted by atomic mass is 16.7. The number of para-hydroxylation sites is 2. The van der Waals surface area contributed by atoms with Crippen molar-refractivity contribution in [1.29, 1.82) is 0 Å². The average molecular weight is 508 g/mol. The van der Waals surface area contributed by atoms with Gasteiger partial charge in [-0.2, -0.15) is 0 Å². The van der Waals surface area contributed by atoms with Crippen LogP contribution in [0.3, 0.4) is 0 Å². The third-order valence-corrected chi connectivity index (χ3v) is 9.39. The van der Waals surface area contributed by atoms with E-state index in [2.05, 4.69) is 131 Å². The zero-order valence-electron chi connectivity index (χ0n) is 22.6. The van der Waals surface area contributed by atoms with Gasteiger partial charge in [-0.05, 0) is 78.3 Å². The molecule has 0 aromatic heterocycles. The van der Waals surface area contributed by atoms with Gasteiger partial charge in [0.05, 0.1) is 16.6 Å². The van der Waals surface area contributed by atoms with Crippen molar-refractivity contribution >= 4 is 23.4 Å². The molecule has 190 valence electrons. The van der Waals surface area contributed by atoms with Crippen molar-refractivity contribution in [3.05, 3.63) is 125 Å². The van der Waals surface area contributed by atoms with Crippen molar-refractivity contribution in [2.24, 2.45) is 0 Å². The van der Waals surface area contributed by atoms with E-state index in [4.69, 9.17) is 14.0 Å². The normalized spacial score (nSPS) is 18.8. The Kier molecular flexibility index (Phi) is 4.51. The van der Waals surface area contributed by atoms with Crippen LogP contribution in [0.2, 0.25) is 0 Å². The minimum atomic E-state index is -0.528. The van der Waals surface area contributed by atoms with Gasteiger partial charge in [0.2, 0.25) is 0 Å². The van der Waals surface area contributed by atoms with Crippen LogP contribution in [0.15, 0.2) is 103 Å². The molecule has 1 saturated heterocycles. The summed E-state index contributed by atoms with van der Waals surface area (Å²) in [6, 6.07) is 36.9. The largest absolute Gasteiger partial charge is 0.495 e. The van der Waals surface area contributed by atoms with Crippen LogP contribution in [0.25, 0.3) is 21.9 Å². The van der Waals surface area contributed by atoms with Gasteiger partial charge in [0.1, 0.15) is 11.5 Å². The minimum Gasteiger partial charge on any atom is -0.457 e. The molecule has 3 nitrogen and oxygen atoms in total. The second-order valence-corrected chi connectivity index (χ2v) is 11.9. The van der Waals surface area contributed by atoms with Crippen LogP contribution in [0.5, 0.6) is 11.5 Å². The van der Waals surface area contributed by atoms with Gasteiger partial charge in [-0.15, -0.1) is 0 Å². The second-order valence-electron chi connectivity index (χ2n) is 11.9. The Morgan fingerprint density at radius 1 is 0.513 bits per heavy atom. The molecule has 1 aliphatic carbocycles. The molecule has 0 bridgehead atoms. The van der Waals surface area contributed by atoms with Gasteiger partial charge < -0.3 is 14.0 Å². The summed E-state index contributed by atoms with van der Waals surface area (Å²) in [5.74, 6) is 1.79. The Morgan fingerprint density at radius 2 is 1.08 bits per heavy atom. The van der Waals surface area contributed by atoms with E-state index in [0.29, 0.717) is 0 Å². The zero-order valence-corrected chi connectivity index (χ0v) is 22.6. The molecular weight excluding hydrogens is 479 g/mol. The first-order valence-corrected chi connectivity index (χ1v) is 13.7. The lowest BCUT2D eigenvalue weighted by Crippen LogP contribution is -2.41. The van der Waals surface area contributed by atoms with Crippen molar-refractivity contribution in [1.82, 2.24) is 0 Å². The summed E-state index contributed by atoms with van der Waals surface area (Å²) < 4.78 is 19.9. The Labute approximate surface area is 229 Å². The second kappa shape index (κ2) is 7.62. The molecule has 2 aliphatic heterocycles. The maximum absolute atomic E-state index is 6.67. The van der Waals surface area contributed by atoms with E-state index < -0.39 is 23.7 Å². The summed E-state index contributed by atoms with van der Waals surface area (Å²) in [6.45, 7) is 8.47. The van der Waals surface area contributed by atoms with Crippen LogP contribution in [0.1, 0.15) is 49.9 Å². The van der Waals surface area contributed by atoms with Crippen LogP contribution in [0, 0.1) is 0 Å². The predicted molar refractivity (Wildman–Crippen MR) is 157 cm³/mol. The number of ether oxygens (including phenoxy) is 1. The van der Waals surface area contributed by atoms with E-state index in [1.54, 1.807) is 0 Å². The molecule has 1 fully saturated rings. The van der Waals surface area contributed by atoms with E-state index in [-0.39, 0.29) is 0 Å². The fourth-order valence-electron chi connectivity index (χ4n) is 6.90. The molecule has 0 unspecified atom stereocenters. The molecule has 0 radical (unpaired) electrons. The summed E-state index contributed by atoms with van der Waals surface area (Å²) in [6.07, 6.45) is 0. The number of hydrogen-bond acceptors (Lipinski definition) is 3. The van der Waals surface area contributed by atoms with Crippen LogP contribution >= 0.6 is 0 Å². The molecule has 5 aromatic rings. The molecule has 2 heterocycles. The minimum absolute atomic E-state index is 0.434. The summed E-state index contributed by atoms with van der Waals surface area (Å²) in [5.41, 5.74) is 6.95. The molecule has 3 aliphatic rings. The van der Waals surface area contributed by atoms with Gasteiger partial charge >= 0.3 is 7.12 Å². The average Bonchev–Trinajstić information content (AvgIpc) is 3.36. The highest BCUT2D eigenvalue weighted by Crippen LogP contribution is 2.62. The Balaban J connectivity index is 1.54. The van der Waals surface area contributed by atoms with Crippen LogP contribution in [-0.2, 0) is 14.7 Å². The van der Waals surface area contributed by atoms with Crippen LogP contribution in [0.4, 0.5) is 0 Å². The van der Waals surface area contributed by atoms with Gasteiger partial charge in [0, 0.05) is 11.1 Å². The van der Waals surface area contributed by atoms with E-state index in [0.717, 1.165) is 28.1 Å². The van der Waals surface area contributed by atoms with Crippen LogP contribution in [-0.4, -0.2) is 18.3 Å². The SMILES string of the molecule is CC1(C)OB(c2cccc3c2-c2c(ccc4ccccc24)C32c3ccccc3Oc3ccccc32)OC1(C)C. The number of rotatable bonds is 1. The van der Waals surface area contributed by atoms with E-state index in [9.17, 15) is 0 Å². The molecule has 5 aromatic carbocycles. The molecule has 4 heteroatoms. The lowest BCUT2D eigenvalue weighted by Gasteiger charge is -2.39. The van der Waals surface area contributed by atoms with Gasteiger partial charge in [-0.3, -0.25) is 0 Å². The van der Waals surface area contributed by atoms with Crippen LogP contribution < -0.4 is 10.2 Å². The number of hydrogen-bond donors (Lipinski definition) is 0. The molecular formula is C35H29BO3. The van der Waals surface area contributed by atoms with Crippen molar-refractivity contribution < 1.29 is 14.0 Å². The number of benzene rings is 5. The Morgan fingerprint density at radius 3 is 1.77 bits per heavy atom. The molecule has 0 atom stereocenters. The van der Waals surface area contributed by atoms with Crippen molar-refractivity contribution in [3.8, 4) is 22.6 Å². The summed E-state index contributed by atoms with van der Waals surface area (Å²) >= 11 is 0. The lowest BCUT2D eigenvalue weighted by molar-refractivity contribution is 0.00578. The first kappa shape index (κ1) is 23.1. The monoisotopic (exact) mass is 508 g/mol. The first-order chi connectivity index (χ1) is 18.8. The third-order valence-electron chi connectivity index (χ3n) is 9.39. The molecule has 0 amide bonds.